The molecule has 1 aliphatic heterocycles. The molecule has 0 aromatic heterocycles. The van der Waals surface area contributed by atoms with E-state index in [4.69, 9.17) is 5.73 Å². The zero-order valence-corrected chi connectivity index (χ0v) is 11.3. The van der Waals surface area contributed by atoms with Crippen LogP contribution in [-0.2, 0) is 10.0 Å². The molecule has 0 saturated carbocycles. The molecule has 0 spiro atoms. The summed E-state index contributed by atoms with van der Waals surface area (Å²) in [6.45, 7) is 3.11. The molecule has 0 aliphatic carbocycles. The average Bonchev–Trinajstić information content (AvgIpc) is 2.35. The fourth-order valence-electron chi connectivity index (χ4n) is 1.99. The number of nitro groups is 1. The number of benzene rings is 1. The number of rotatable bonds is 4. The van der Waals surface area contributed by atoms with Gasteiger partial charge in [0.05, 0.1) is 9.82 Å². The smallest absolute Gasteiger partial charge is 0.269 e. The zero-order valence-electron chi connectivity index (χ0n) is 10.4. The van der Waals surface area contributed by atoms with Crippen LogP contribution in [0.4, 0.5) is 5.69 Å². The van der Waals surface area contributed by atoms with E-state index in [1.807, 2.05) is 6.92 Å². The van der Waals surface area contributed by atoms with Crippen LogP contribution in [0.25, 0.3) is 0 Å². The Hall–Kier alpha value is -1.51. The van der Waals surface area contributed by atoms with Gasteiger partial charge in [-0.1, -0.05) is 6.92 Å². The van der Waals surface area contributed by atoms with Crippen LogP contribution < -0.4 is 5.73 Å². The number of nitrogens with two attached hydrogens (primary N) is 1. The topological polar surface area (TPSA) is 107 Å². The van der Waals surface area contributed by atoms with Gasteiger partial charge < -0.3 is 5.73 Å². The molecule has 0 bridgehead atoms. The van der Waals surface area contributed by atoms with Crippen LogP contribution in [-0.4, -0.2) is 37.3 Å². The van der Waals surface area contributed by atoms with E-state index in [1.165, 1.54) is 28.6 Å². The quantitative estimate of drug-likeness (QED) is 0.642. The van der Waals surface area contributed by atoms with E-state index in [0.29, 0.717) is 19.6 Å². The summed E-state index contributed by atoms with van der Waals surface area (Å²) in [4.78, 5) is 10.0. The third-order valence-electron chi connectivity index (χ3n) is 3.29. The molecule has 1 saturated heterocycles. The first kappa shape index (κ1) is 13.9. The highest BCUT2D eigenvalue weighted by molar-refractivity contribution is 7.89. The molecule has 0 atom stereocenters. The van der Waals surface area contributed by atoms with Crippen LogP contribution in [0.2, 0.25) is 0 Å². The van der Waals surface area contributed by atoms with Gasteiger partial charge in [-0.3, -0.25) is 10.1 Å². The molecule has 0 unspecified atom stereocenters. The lowest BCUT2D eigenvalue weighted by molar-refractivity contribution is -0.384. The van der Waals surface area contributed by atoms with Gasteiger partial charge in [-0.05, 0) is 12.1 Å². The number of hydrogen-bond acceptors (Lipinski definition) is 5. The molecule has 7 nitrogen and oxygen atoms in total. The van der Waals surface area contributed by atoms with Crippen LogP contribution in [0.15, 0.2) is 29.2 Å². The molecule has 1 aromatic rings. The SMILES string of the molecule is CC1(CN)CN(S(=O)(=O)c2ccc([N+](=O)[O-])cc2)C1. The third-order valence-corrected chi connectivity index (χ3v) is 5.10. The first-order valence-electron chi connectivity index (χ1n) is 5.73. The molecule has 1 aromatic carbocycles. The maximum Gasteiger partial charge on any atom is 0.269 e. The number of nitro benzene ring substituents is 1. The van der Waals surface area contributed by atoms with E-state index in [1.54, 1.807) is 0 Å². The lowest BCUT2D eigenvalue weighted by Crippen LogP contribution is -2.59. The van der Waals surface area contributed by atoms with Crippen molar-refractivity contribution in [3.05, 3.63) is 34.4 Å². The highest BCUT2D eigenvalue weighted by atomic mass is 32.2. The van der Waals surface area contributed by atoms with Crippen LogP contribution in [0.1, 0.15) is 6.92 Å². The summed E-state index contributed by atoms with van der Waals surface area (Å²) in [6, 6.07) is 4.89. The minimum absolute atomic E-state index is 0.0668. The fourth-order valence-corrected chi connectivity index (χ4v) is 3.73. The van der Waals surface area contributed by atoms with E-state index >= 15 is 0 Å². The number of sulfonamides is 1. The molecular weight excluding hydrogens is 270 g/mol. The van der Waals surface area contributed by atoms with Gasteiger partial charge in [0.2, 0.25) is 10.0 Å². The van der Waals surface area contributed by atoms with Crippen molar-refractivity contribution in [2.24, 2.45) is 11.1 Å². The maximum absolute atomic E-state index is 12.2. The van der Waals surface area contributed by atoms with Gasteiger partial charge in [0.15, 0.2) is 0 Å². The number of hydrogen-bond donors (Lipinski definition) is 1. The third kappa shape index (κ3) is 2.46. The van der Waals surface area contributed by atoms with E-state index in [9.17, 15) is 18.5 Å². The minimum Gasteiger partial charge on any atom is -0.330 e. The molecule has 1 aliphatic rings. The number of non-ortho nitro benzene ring substituents is 1. The highest BCUT2D eigenvalue weighted by Crippen LogP contribution is 2.33. The van der Waals surface area contributed by atoms with Gasteiger partial charge in [-0.15, -0.1) is 0 Å². The van der Waals surface area contributed by atoms with E-state index in [-0.39, 0.29) is 16.0 Å². The fraction of sp³-hybridized carbons (Fsp3) is 0.455. The summed E-state index contributed by atoms with van der Waals surface area (Å²) >= 11 is 0. The molecular formula is C11H15N3O4S. The molecule has 0 amide bonds. The Kier molecular flexibility index (Phi) is 3.33. The van der Waals surface area contributed by atoms with Crippen LogP contribution in [0.3, 0.4) is 0 Å². The van der Waals surface area contributed by atoms with Crippen molar-refractivity contribution >= 4 is 15.7 Å². The summed E-state index contributed by atoms with van der Waals surface area (Å²) in [5.74, 6) is 0. The van der Waals surface area contributed by atoms with Crippen molar-refractivity contribution in [2.45, 2.75) is 11.8 Å². The van der Waals surface area contributed by atoms with Crippen molar-refractivity contribution in [3.63, 3.8) is 0 Å². The minimum atomic E-state index is -3.57. The lowest BCUT2D eigenvalue weighted by Gasteiger charge is -2.46. The monoisotopic (exact) mass is 285 g/mol. The van der Waals surface area contributed by atoms with Crippen LogP contribution >= 0.6 is 0 Å². The standard InChI is InChI=1S/C11H15N3O4S/c1-11(6-12)7-13(8-11)19(17,18)10-4-2-9(3-5-10)14(15)16/h2-5H,6-8,12H2,1H3. The summed E-state index contributed by atoms with van der Waals surface area (Å²) in [7, 11) is -3.57. The Labute approximate surface area is 111 Å². The van der Waals surface area contributed by atoms with E-state index < -0.39 is 14.9 Å². The van der Waals surface area contributed by atoms with Crippen molar-refractivity contribution in [3.8, 4) is 0 Å². The van der Waals surface area contributed by atoms with Crippen molar-refractivity contribution < 1.29 is 13.3 Å². The molecule has 1 fully saturated rings. The lowest BCUT2D eigenvalue weighted by atomic mass is 9.84. The van der Waals surface area contributed by atoms with Gasteiger partial charge in [0, 0.05) is 37.2 Å². The van der Waals surface area contributed by atoms with Crippen LogP contribution in [0, 0.1) is 15.5 Å². The maximum atomic E-state index is 12.2. The predicted octanol–water partition coefficient (Wildman–Crippen LogP) is 0.564. The van der Waals surface area contributed by atoms with Crippen molar-refractivity contribution in [1.29, 1.82) is 0 Å². The summed E-state index contributed by atoms with van der Waals surface area (Å²) < 4.78 is 25.8. The Bertz CT molecular complexity index is 591. The van der Waals surface area contributed by atoms with E-state index in [2.05, 4.69) is 0 Å². The van der Waals surface area contributed by atoms with Gasteiger partial charge in [-0.2, -0.15) is 4.31 Å². The Morgan fingerprint density at radius 1 is 1.37 bits per heavy atom. The summed E-state index contributed by atoms with van der Waals surface area (Å²) in [5.41, 5.74) is 5.27. The summed E-state index contributed by atoms with van der Waals surface area (Å²) in [6.07, 6.45) is 0. The van der Waals surface area contributed by atoms with E-state index in [0.717, 1.165) is 0 Å². The van der Waals surface area contributed by atoms with Gasteiger partial charge in [-0.25, -0.2) is 8.42 Å². The largest absolute Gasteiger partial charge is 0.330 e. The van der Waals surface area contributed by atoms with Gasteiger partial charge in [0.25, 0.3) is 5.69 Å². The Morgan fingerprint density at radius 2 is 1.89 bits per heavy atom. The average molecular weight is 285 g/mol. The van der Waals surface area contributed by atoms with Crippen molar-refractivity contribution in [2.75, 3.05) is 19.6 Å². The zero-order chi connectivity index (χ0) is 14.3. The molecule has 2 N–H and O–H groups in total. The van der Waals surface area contributed by atoms with Crippen LogP contribution in [0.5, 0.6) is 0 Å². The molecule has 0 radical (unpaired) electrons. The highest BCUT2D eigenvalue weighted by Gasteiger charge is 2.44. The molecule has 104 valence electrons. The molecule has 8 heteroatoms. The van der Waals surface area contributed by atoms with Crippen molar-refractivity contribution in [1.82, 2.24) is 4.31 Å². The molecule has 19 heavy (non-hydrogen) atoms. The normalized spacial score (nSPS) is 18.8. The molecule has 2 rings (SSSR count). The molecule has 1 heterocycles. The predicted molar refractivity (Wildman–Crippen MR) is 69.0 cm³/mol. The van der Waals surface area contributed by atoms with Gasteiger partial charge >= 0.3 is 0 Å². The number of nitrogens with zero attached hydrogens (tertiary/aromatic N) is 2. The first-order chi connectivity index (χ1) is 8.78. The second-order valence-corrected chi connectivity index (χ2v) is 6.98. The first-order valence-corrected chi connectivity index (χ1v) is 7.17. The Balaban J connectivity index is 2.20. The summed E-state index contributed by atoms with van der Waals surface area (Å²) in [5, 5.41) is 10.5. The Morgan fingerprint density at radius 3 is 2.32 bits per heavy atom. The second-order valence-electron chi connectivity index (χ2n) is 5.04. The van der Waals surface area contributed by atoms with Gasteiger partial charge in [0.1, 0.15) is 0 Å². The second kappa shape index (κ2) is 4.55.